The molecule has 2 rings (SSSR count). The molecule has 19 heavy (non-hydrogen) atoms. The number of rotatable bonds is 2. The molecule has 1 aromatic rings. The van der Waals surface area contributed by atoms with Crippen molar-refractivity contribution in [3.05, 3.63) is 35.9 Å². The second-order valence-corrected chi connectivity index (χ2v) is 6.22. The Labute approximate surface area is 139 Å². The molecule has 0 unspecified atom stereocenters. The van der Waals surface area contributed by atoms with Crippen LogP contribution in [-0.2, 0) is 5.75 Å². The molecule has 1 fully saturated rings. The van der Waals surface area contributed by atoms with Crippen molar-refractivity contribution in [2.24, 2.45) is 0 Å². The molecule has 0 saturated heterocycles. The van der Waals surface area contributed by atoms with Crippen LogP contribution in [0.3, 0.4) is 0 Å². The minimum absolute atomic E-state index is 0.656. The summed E-state index contributed by atoms with van der Waals surface area (Å²) in [6.45, 7) is 0. The fraction of sp³-hybridized carbons (Fsp3) is 0.600. The van der Waals surface area contributed by atoms with Crippen molar-refractivity contribution in [2.45, 2.75) is 43.1 Å². The van der Waals surface area contributed by atoms with Crippen LogP contribution >= 0.6 is 49.5 Å². The van der Waals surface area contributed by atoms with Gasteiger partial charge in [0.1, 0.15) is 0 Å². The molecule has 1 aromatic carbocycles. The highest BCUT2D eigenvalue weighted by Gasteiger charge is 2.06. The number of thiol groups is 3. The predicted molar refractivity (Wildman–Crippen MR) is 99.6 cm³/mol. The first-order chi connectivity index (χ1) is 9.24. The Hall–Kier alpha value is 0.560. The van der Waals surface area contributed by atoms with Crippen molar-refractivity contribution in [2.75, 3.05) is 11.6 Å². The van der Waals surface area contributed by atoms with Gasteiger partial charge in [0, 0.05) is 22.6 Å². The van der Waals surface area contributed by atoms with E-state index in [1.165, 1.54) is 37.7 Å². The number of hydrogen-bond acceptors (Lipinski definition) is 3. The van der Waals surface area contributed by atoms with Gasteiger partial charge >= 0.3 is 0 Å². The van der Waals surface area contributed by atoms with Crippen molar-refractivity contribution < 1.29 is 0 Å². The van der Waals surface area contributed by atoms with Gasteiger partial charge in [0.15, 0.2) is 0 Å². The van der Waals surface area contributed by atoms with E-state index in [4.69, 9.17) is 11.6 Å². The second-order valence-electron chi connectivity index (χ2n) is 4.35. The van der Waals surface area contributed by atoms with Gasteiger partial charge in [-0.1, -0.05) is 49.6 Å². The third-order valence-corrected chi connectivity index (χ3v) is 4.24. The molecule has 0 aliphatic heterocycles. The van der Waals surface area contributed by atoms with E-state index in [9.17, 15) is 0 Å². The summed E-state index contributed by atoms with van der Waals surface area (Å²) in [5.74, 6) is 2.27. The molecule has 0 N–H and O–H groups in total. The highest BCUT2D eigenvalue weighted by Crippen LogP contribution is 2.21. The van der Waals surface area contributed by atoms with Crippen molar-refractivity contribution >= 4 is 49.5 Å². The van der Waals surface area contributed by atoms with Crippen molar-refractivity contribution in [1.82, 2.24) is 0 Å². The van der Waals surface area contributed by atoms with E-state index >= 15 is 0 Å². The van der Waals surface area contributed by atoms with Crippen LogP contribution in [0.4, 0.5) is 0 Å². The fourth-order valence-electron chi connectivity index (χ4n) is 1.66. The summed E-state index contributed by atoms with van der Waals surface area (Å²) in [5.41, 5.74) is 1.27. The van der Waals surface area contributed by atoms with Gasteiger partial charge in [-0.3, -0.25) is 0 Å². The first kappa shape index (κ1) is 19.6. The summed E-state index contributed by atoms with van der Waals surface area (Å²) in [4.78, 5) is 0. The monoisotopic (exact) mass is 336 g/mol. The quantitative estimate of drug-likeness (QED) is 0.459. The molecule has 0 radical (unpaired) electrons. The third kappa shape index (κ3) is 13.3. The second kappa shape index (κ2) is 15.0. The first-order valence-corrected chi connectivity index (χ1v) is 9.05. The van der Waals surface area contributed by atoms with Crippen LogP contribution in [-0.4, -0.2) is 16.9 Å². The van der Waals surface area contributed by atoms with Gasteiger partial charge < -0.3 is 0 Å². The molecule has 110 valence electrons. The number of benzene rings is 1. The van der Waals surface area contributed by atoms with Crippen LogP contribution in [0, 0.1) is 0 Å². The zero-order valence-corrected chi connectivity index (χ0v) is 14.8. The lowest BCUT2D eigenvalue weighted by atomic mass is 10.0. The lowest BCUT2D eigenvalue weighted by Gasteiger charge is -2.14. The molecule has 0 amide bonds. The number of alkyl halides is 1. The zero-order chi connectivity index (χ0) is 14.3. The van der Waals surface area contributed by atoms with Crippen LogP contribution in [0.15, 0.2) is 30.3 Å². The van der Waals surface area contributed by atoms with E-state index in [2.05, 4.69) is 50.0 Å². The van der Waals surface area contributed by atoms with E-state index in [1.807, 2.05) is 18.2 Å². The van der Waals surface area contributed by atoms with E-state index in [1.54, 1.807) is 0 Å². The highest BCUT2D eigenvalue weighted by atomic mass is 35.5. The molecule has 1 aliphatic rings. The van der Waals surface area contributed by atoms with Gasteiger partial charge in [0.2, 0.25) is 0 Å². The van der Waals surface area contributed by atoms with Crippen molar-refractivity contribution in [3.63, 3.8) is 0 Å². The summed E-state index contributed by atoms with van der Waals surface area (Å²) >= 11 is 17.4. The van der Waals surface area contributed by atoms with Crippen LogP contribution < -0.4 is 0 Å². The van der Waals surface area contributed by atoms with Gasteiger partial charge in [-0.05, 0) is 18.4 Å². The van der Waals surface area contributed by atoms with Gasteiger partial charge in [0.25, 0.3) is 0 Å². The summed E-state index contributed by atoms with van der Waals surface area (Å²) in [5, 5.41) is 0.730. The zero-order valence-electron chi connectivity index (χ0n) is 11.3. The largest absolute Gasteiger partial charge is 0.178 e. The number of halogens is 1. The Morgan fingerprint density at radius 1 is 1.00 bits per heavy atom. The van der Waals surface area contributed by atoms with Gasteiger partial charge in [-0.25, -0.2) is 0 Å². The molecule has 4 heteroatoms. The van der Waals surface area contributed by atoms with Gasteiger partial charge in [-0.2, -0.15) is 37.9 Å². The van der Waals surface area contributed by atoms with Crippen LogP contribution in [0.25, 0.3) is 0 Å². The smallest absolute Gasteiger partial charge is 0.0311 e. The molecule has 1 aliphatic carbocycles. The van der Waals surface area contributed by atoms with Crippen molar-refractivity contribution in [1.29, 1.82) is 0 Å². The van der Waals surface area contributed by atoms with Gasteiger partial charge in [0.05, 0.1) is 0 Å². The minimum Gasteiger partial charge on any atom is -0.178 e. The molecule has 0 bridgehead atoms. The van der Waals surface area contributed by atoms with Crippen LogP contribution in [0.5, 0.6) is 0 Å². The average Bonchev–Trinajstić information content (AvgIpc) is 2.50. The summed E-state index contributed by atoms with van der Waals surface area (Å²) in [6.07, 6.45) is 6.96. The molecule has 0 atom stereocenters. The molecular formula is C15H25ClS3. The molecule has 0 aromatic heterocycles. The molecule has 0 nitrogen and oxygen atoms in total. The van der Waals surface area contributed by atoms with Gasteiger partial charge in [-0.15, -0.1) is 11.6 Å². The minimum atomic E-state index is 0.656. The number of hydrogen-bond donors (Lipinski definition) is 3. The van der Waals surface area contributed by atoms with E-state index in [0.29, 0.717) is 5.88 Å². The van der Waals surface area contributed by atoms with Crippen LogP contribution in [0.2, 0.25) is 0 Å². The maximum absolute atomic E-state index is 5.11. The maximum atomic E-state index is 5.11. The third-order valence-electron chi connectivity index (χ3n) is 2.68. The Bertz CT molecular complexity index is 272. The lowest BCUT2D eigenvalue weighted by molar-refractivity contribution is 0.518. The topological polar surface area (TPSA) is 0 Å². The first-order valence-electron chi connectivity index (χ1n) is 6.74. The van der Waals surface area contributed by atoms with E-state index in [-0.39, 0.29) is 0 Å². The Morgan fingerprint density at radius 3 is 1.79 bits per heavy atom. The predicted octanol–water partition coefficient (Wildman–Crippen LogP) is 5.52. The summed E-state index contributed by atoms with van der Waals surface area (Å²) < 4.78 is 0. The average molecular weight is 337 g/mol. The van der Waals surface area contributed by atoms with Crippen molar-refractivity contribution in [3.8, 4) is 0 Å². The SMILES string of the molecule is SC1CCCCC1.SCCCl.SCc1ccccc1. The van der Waals surface area contributed by atoms with Crippen LogP contribution in [0.1, 0.15) is 37.7 Å². The molecule has 0 heterocycles. The molecule has 1 saturated carbocycles. The maximum Gasteiger partial charge on any atom is 0.0311 e. The Balaban J connectivity index is 0.000000272. The lowest BCUT2D eigenvalue weighted by Crippen LogP contribution is -2.03. The normalized spacial score (nSPS) is 14.7. The summed E-state index contributed by atoms with van der Waals surface area (Å²) in [7, 11) is 0. The van der Waals surface area contributed by atoms with E-state index in [0.717, 1.165) is 16.8 Å². The Morgan fingerprint density at radius 2 is 1.53 bits per heavy atom. The Kier molecular flexibility index (Phi) is 15.4. The fourth-order valence-corrected chi connectivity index (χ4v) is 2.24. The standard InChI is InChI=1S/C7H8S.C6H12S.C2H5ClS/c8-6-7-4-2-1-3-5-7;7-6-4-2-1-3-5-6;3-1-2-4/h1-5,8H,6H2;6-7H,1-5H2;4H,1-2H2. The molecule has 0 spiro atoms. The van der Waals surface area contributed by atoms with E-state index < -0.39 is 0 Å². The summed E-state index contributed by atoms with van der Waals surface area (Å²) in [6, 6.07) is 10.2. The highest BCUT2D eigenvalue weighted by molar-refractivity contribution is 7.81. The molecular weight excluding hydrogens is 312 g/mol.